The number of fused-ring (bicyclic) bond motifs is 1. The van der Waals surface area contributed by atoms with E-state index in [0.29, 0.717) is 11.0 Å². The van der Waals surface area contributed by atoms with Crippen LogP contribution in [0.15, 0.2) is 0 Å². The van der Waals surface area contributed by atoms with E-state index in [9.17, 15) is 5.11 Å². The van der Waals surface area contributed by atoms with Crippen LogP contribution < -0.4 is 0 Å². The molecule has 6 nitrogen and oxygen atoms in total. The minimum atomic E-state index is -0.443. The molecule has 0 radical (unpaired) electrons. The van der Waals surface area contributed by atoms with Crippen LogP contribution in [-0.4, -0.2) is 30.0 Å². The molecule has 0 saturated carbocycles. The van der Waals surface area contributed by atoms with E-state index in [-0.39, 0.29) is 5.88 Å². The molecule has 0 unspecified atom stereocenters. The van der Waals surface area contributed by atoms with Crippen LogP contribution in [-0.2, 0) is 7.05 Å². The summed E-state index contributed by atoms with van der Waals surface area (Å²) >= 11 is 0. The topological polar surface area (TPSA) is 84.1 Å². The fraction of sp³-hybridized carbons (Fsp3) is 0.286. The molecule has 0 spiro atoms. The molecule has 2 aromatic heterocycles. The summed E-state index contributed by atoms with van der Waals surface area (Å²) in [6, 6.07) is -0.443. The second kappa shape index (κ2) is 2.32. The van der Waals surface area contributed by atoms with Crippen molar-refractivity contribution < 1.29 is 10.2 Å². The molecule has 0 aliphatic rings. The van der Waals surface area contributed by atoms with E-state index in [0.717, 1.165) is 5.69 Å². The van der Waals surface area contributed by atoms with Gasteiger partial charge in [0.2, 0.25) is 5.88 Å². The highest BCUT2D eigenvalue weighted by Crippen LogP contribution is 2.23. The van der Waals surface area contributed by atoms with E-state index >= 15 is 0 Å². The van der Waals surface area contributed by atoms with Crippen molar-refractivity contribution in [3.05, 3.63) is 5.69 Å². The Morgan fingerprint density at radius 3 is 2.54 bits per heavy atom. The summed E-state index contributed by atoms with van der Waals surface area (Å²) in [7, 11) is 1.73. The van der Waals surface area contributed by atoms with Crippen molar-refractivity contribution in [2.75, 3.05) is 0 Å². The van der Waals surface area contributed by atoms with E-state index in [2.05, 4.69) is 15.1 Å². The van der Waals surface area contributed by atoms with Crippen molar-refractivity contribution in [2.24, 2.45) is 7.05 Å². The van der Waals surface area contributed by atoms with Crippen molar-refractivity contribution in [3.63, 3.8) is 0 Å². The van der Waals surface area contributed by atoms with E-state index in [1.54, 1.807) is 18.7 Å². The molecule has 0 saturated heterocycles. The third kappa shape index (κ3) is 0.986. The normalized spacial score (nSPS) is 10.9. The standard InChI is InChI=1S/C7H8N4O2/c1-3-4-5(10-11(3)2)6(12)9-7(13)8-4/h1-2H3,(H2,8,9,12,13). The van der Waals surface area contributed by atoms with Crippen molar-refractivity contribution in [3.8, 4) is 11.9 Å². The second-order valence-corrected chi connectivity index (χ2v) is 2.75. The first kappa shape index (κ1) is 7.78. The fourth-order valence-corrected chi connectivity index (χ4v) is 1.15. The van der Waals surface area contributed by atoms with E-state index in [1.807, 2.05) is 0 Å². The third-order valence-corrected chi connectivity index (χ3v) is 1.93. The molecule has 2 aromatic rings. The summed E-state index contributed by atoms with van der Waals surface area (Å²) < 4.78 is 1.57. The smallest absolute Gasteiger partial charge is 0.317 e. The van der Waals surface area contributed by atoms with Crippen LogP contribution in [0.4, 0.5) is 0 Å². The van der Waals surface area contributed by atoms with Crippen LogP contribution in [0.25, 0.3) is 11.0 Å². The quantitative estimate of drug-likeness (QED) is 0.599. The third-order valence-electron chi connectivity index (χ3n) is 1.93. The first-order chi connectivity index (χ1) is 6.09. The molecular weight excluding hydrogens is 172 g/mol. The van der Waals surface area contributed by atoms with Crippen molar-refractivity contribution in [1.29, 1.82) is 0 Å². The van der Waals surface area contributed by atoms with Crippen LogP contribution in [0.3, 0.4) is 0 Å². The lowest BCUT2D eigenvalue weighted by Gasteiger charge is -1.93. The van der Waals surface area contributed by atoms with Gasteiger partial charge in [-0.25, -0.2) is 0 Å². The van der Waals surface area contributed by atoms with Gasteiger partial charge in [-0.1, -0.05) is 0 Å². The fourth-order valence-electron chi connectivity index (χ4n) is 1.15. The molecular formula is C7H8N4O2. The summed E-state index contributed by atoms with van der Waals surface area (Å²) in [5.41, 5.74) is 1.54. The Kier molecular flexibility index (Phi) is 1.39. The highest BCUT2D eigenvalue weighted by molar-refractivity contribution is 5.81. The molecule has 2 heterocycles. The molecule has 68 valence electrons. The monoisotopic (exact) mass is 180 g/mol. The molecule has 13 heavy (non-hydrogen) atoms. The lowest BCUT2D eigenvalue weighted by atomic mass is 10.3. The summed E-state index contributed by atoms with van der Waals surface area (Å²) in [5.74, 6) is -0.300. The highest BCUT2D eigenvalue weighted by atomic mass is 16.3. The number of nitrogens with zero attached hydrogens (tertiary/aromatic N) is 4. The molecule has 0 aliphatic heterocycles. The molecule has 0 aromatic carbocycles. The molecule has 0 aliphatic carbocycles. The molecule has 0 bridgehead atoms. The Hall–Kier alpha value is -1.85. The average molecular weight is 180 g/mol. The lowest BCUT2D eigenvalue weighted by Crippen LogP contribution is -1.91. The minimum absolute atomic E-state index is 0.300. The molecule has 0 fully saturated rings. The Balaban J connectivity index is 2.94. The van der Waals surface area contributed by atoms with E-state index < -0.39 is 6.01 Å². The average Bonchev–Trinajstić information content (AvgIpc) is 2.32. The van der Waals surface area contributed by atoms with Crippen molar-refractivity contribution in [1.82, 2.24) is 19.7 Å². The van der Waals surface area contributed by atoms with Crippen LogP contribution in [0, 0.1) is 6.92 Å². The zero-order chi connectivity index (χ0) is 9.59. The van der Waals surface area contributed by atoms with Gasteiger partial charge < -0.3 is 10.2 Å². The van der Waals surface area contributed by atoms with E-state index in [1.165, 1.54) is 0 Å². The summed E-state index contributed by atoms with van der Waals surface area (Å²) in [4.78, 5) is 7.14. The SMILES string of the molecule is Cc1c2nc(O)nc(O)c2nn1C. The van der Waals surface area contributed by atoms with Gasteiger partial charge in [-0.3, -0.25) is 4.68 Å². The predicted molar refractivity (Wildman–Crippen MR) is 44.4 cm³/mol. The van der Waals surface area contributed by atoms with Crippen LogP contribution in [0.5, 0.6) is 11.9 Å². The van der Waals surface area contributed by atoms with Crippen LogP contribution >= 0.6 is 0 Å². The van der Waals surface area contributed by atoms with Crippen molar-refractivity contribution >= 4 is 11.0 Å². The Morgan fingerprint density at radius 2 is 1.85 bits per heavy atom. The van der Waals surface area contributed by atoms with Crippen molar-refractivity contribution in [2.45, 2.75) is 6.92 Å². The van der Waals surface area contributed by atoms with Gasteiger partial charge in [-0.2, -0.15) is 15.1 Å². The predicted octanol–water partition coefficient (Wildman–Crippen LogP) is 0.0829. The Morgan fingerprint density at radius 1 is 1.15 bits per heavy atom. The largest absolute Gasteiger partial charge is 0.492 e. The van der Waals surface area contributed by atoms with Gasteiger partial charge in [0, 0.05) is 7.05 Å². The van der Waals surface area contributed by atoms with Gasteiger partial charge in [0.15, 0.2) is 5.52 Å². The Labute approximate surface area is 73.5 Å². The number of aromatic nitrogens is 4. The van der Waals surface area contributed by atoms with Gasteiger partial charge in [0.1, 0.15) is 5.52 Å². The van der Waals surface area contributed by atoms with Crippen LogP contribution in [0.2, 0.25) is 0 Å². The zero-order valence-corrected chi connectivity index (χ0v) is 7.18. The maximum atomic E-state index is 9.30. The van der Waals surface area contributed by atoms with Gasteiger partial charge in [0.05, 0.1) is 5.69 Å². The second-order valence-electron chi connectivity index (χ2n) is 2.75. The molecule has 6 heteroatoms. The van der Waals surface area contributed by atoms with Crippen LogP contribution in [0.1, 0.15) is 5.69 Å². The number of hydrogen-bond acceptors (Lipinski definition) is 5. The number of rotatable bonds is 0. The van der Waals surface area contributed by atoms with Gasteiger partial charge in [-0.05, 0) is 6.92 Å². The zero-order valence-electron chi connectivity index (χ0n) is 7.18. The van der Waals surface area contributed by atoms with Gasteiger partial charge in [-0.15, -0.1) is 0 Å². The number of aryl methyl sites for hydroxylation is 2. The first-order valence-corrected chi connectivity index (χ1v) is 3.69. The van der Waals surface area contributed by atoms with Gasteiger partial charge in [0.25, 0.3) is 0 Å². The number of hydrogen-bond donors (Lipinski definition) is 2. The molecule has 0 amide bonds. The molecule has 0 atom stereocenters. The maximum absolute atomic E-state index is 9.30. The minimum Gasteiger partial charge on any atom is -0.492 e. The lowest BCUT2D eigenvalue weighted by molar-refractivity contribution is 0.403. The first-order valence-electron chi connectivity index (χ1n) is 3.69. The Bertz CT molecular complexity index is 477. The van der Waals surface area contributed by atoms with E-state index in [4.69, 9.17) is 5.11 Å². The number of aromatic hydroxyl groups is 2. The maximum Gasteiger partial charge on any atom is 0.317 e. The van der Waals surface area contributed by atoms with Gasteiger partial charge >= 0.3 is 6.01 Å². The molecule has 2 N–H and O–H groups in total. The molecule has 2 rings (SSSR count). The summed E-state index contributed by atoms with van der Waals surface area (Å²) in [6.07, 6.45) is 0. The summed E-state index contributed by atoms with van der Waals surface area (Å²) in [5, 5.41) is 22.3. The summed E-state index contributed by atoms with van der Waals surface area (Å²) in [6.45, 7) is 1.79. The highest BCUT2D eigenvalue weighted by Gasteiger charge is 2.12.